The molecule has 2 heterocycles. The molecule has 0 spiro atoms. The Balaban J connectivity index is 1.39. The van der Waals surface area contributed by atoms with Crippen molar-refractivity contribution in [3.8, 4) is 6.07 Å². The van der Waals surface area contributed by atoms with Crippen LogP contribution in [0.4, 0.5) is 4.39 Å². The molecule has 7 heteroatoms. The predicted molar refractivity (Wildman–Crippen MR) is 107 cm³/mol. The van der Waals surface area contributed by atoms with Gasteiger partial charge >= 0.3 is 0 Å². The van der Waals surface area contributed by atoms with E-state index in [4.69, 9.17) is 10.1 Å². The zero-order valence-corrected chi connectivity index (χ0v) is 17.1. The second-order valence-corrected chi connectivity index (χ2v) is 8.31. The molecule has 0 radical (unpaired) electrons. The fourth-order valence-corrected chi connectivity index (χ4v) is 4.63. The minimum Gasteiger partial charge on any atom is -0.272 e. The van der Waals surface area contributed by atoms with E-state index in [1.165, 1.54) is 22.8 Å². The van der Waals surface area contributed by atoms with Crippen LogP contribution in [0.15, 0.2) is 30.5 Å². The Morgan fingerprint density at radius 1 is 1.23 bits per heavy atom. The zero-order chi connectivity index (χ0) is 21.1. The van der Waals surface area contributed by atoms with Gasteiger partial charge in [0.1, 0.15) is 5.82 Å². The lowest BCUT2D eigenvalue weighted by atomic mass is 9.79. The Morgan fingerprint density at radius 3 is 2.77 bits per heavy atom. The van der Waals surface area contributed by atoms with E-state index in [1.807, 2.05) is 19.2 Å². The van der Waals surface area contributed by atoms with Crippen molar-refractivity contribution in [1.82, 2.24) is 15.3 Å². The molecule has 1 aromatic heterocycles. The molecule has 2 aliphatic rings. The lowest BCUT2D eigenvalue weighted by Crippen LogP contribution is -2.36. The summed E-state index contributed by atoms with van der Waals surface area (Å²) in [6, 6.07) is 7.94. The summed E-state index contributed by atoms with van der Waals surface area (Å²) in [5.41, 5.74) is 2.99. The van der Waals surface area contributed by atoms with Crippen LogP contribution in [0.1, 0.15) is 60.5 Å². The number of aromatic nitrogens is 2. The first-order valence-electron chi connectivity index (χ1n) is 10.5. The minimum atomic E-state index is -0.468. The molecule has 2 fully saturated rings. The van der Waals surface area contributed by atoms with Crippen molar-refractivity contribution in [3.05, 3.63) is 58.7 Å². The van der Waals surface area contributed by atoms with Crippen molar-refractivity contribution < 1.29 is 14.0 Å². The molecule has 1 amide bonds. The minimum absolute atomic E-state index is 0.0276. The lowest BCUT2D eigenvalue weighted by Gasteiger charge is -2.32. The van der Waals surface area contributed by atoms with Gasteiger partial charge in [0.05, 0.1) is 36.2 Å². The average Bonchev–Trinajstić information content (AvgIpc) is 3.23. The number of amides is 1. The summed E-state index contributed by atoms with van der Waals surface area (Å²) in [7, 11) is 0. The van der Waals surface area contributed by atoms with E-state index < -0.39 is 5.82 Å². The van der Waals surface area contributed by atoms with Crippen molar-refractivity contribution in [1.29, 1.82) is 5.26 Å². The van der Waals surface area contributed by atoms with E-state index in [2.05, 4.69) is 16.3 Å². The second-order valence-electron chi connectivity index (χ2n) is 8.31. The Morgan fingerprint density at radius 2 is 2.03 bits per heavy atom. The summed E-state index contributed by atoms with van der Waals surface area (Å²) in [6.07, 6.45) is 6.98. The third-order valence-electron chi connectivity index (χ3n) is 6.11. The summed E-state index contributed by atoms with van der Waals surface area (Å²) in [4.78, 5) is 18.8. The number of hydroxylamine groups is 2. The highest BCUT2D eigenvalue weighted by Gasteiger charge is 2.37. The molecular formula is C23H25FN4O2. The number of hydrogen-bond donors (Lipinski definition) is 0. The van der Waals surface area contributed by atoms with E-state index >= 15 is 0 Å². The number of hydrogen-bond acceptors (Lipinski definition) is 5. The molecule has 4 rings (SSSR count). The normalized spacial score (nSPS) is 23.9. The topological polar surface area (TPSA) is 79.1 Å². The molecule has 30 heavy (non-hydrogen) atoms. The summed E-state index contributed by atoms with van der Waals surface area (Å²) >= 11 is 0. The number of nitrogens with zero attached hydrogens (tertiary/aromatic N) is 4. The fourth-order valence-electron chi connectivity index (χ4n) is 4.63. The van der Waals surface area contributed by atoms with Gasteiger partial charge in [0, 0.05) is 12.3 Å². The maximum atomic E-state index is 13.9. The van der Waals surface area contributed by atoms with E-state index in [1.54, 1.807) is 6.07 Å². The first-order chi connectivity index (χ1) is 14.5. The Hall–Kier alpha value is -2.85. The van der Waals surface area contributed by atoms with Crippen molar-refractivity contribution in [2.45, 2.75) is 51.5 Å². The maximum Gasteiger partial charge on any atom is 0.249 e. The molecule has 1 saturated carbocycles. The largest absolute Gasteiger partial charge is 0.272 e. The summed E-state index contributed by atoms with van der Waals surface area (Å²) in [5, 5.41) is 18.6. The molecule has 1 saturated heterocycles. The van der Waals surface area contributed by atoms with Crippen LogP contribution in [0, 0.1) is 35.9 Å². The molecule has 6 nitrogen and oxygen atoms in total. The zero-order valence-electron chi connectivity index (χ0n) is 17.1. The van der Waals surface area contributed by atoms with Crippen LogP contribution in [-0.4, -0.2) is 27.8 Å². The summed E-state index contributed by atoms with van der Waals surface area (Å²) < 4.78 is 13.9. The molecule has 0 N–H and O–H groups in total. The number of carbonyl (C=O) groups is 1. The quantitative estimate of drug-likeness (QED) is 0.763. The number of benzene rings is 1. The highest BCUT2D eigenvalue weighted by atomic mass is 19.1. The highest BCUT2D eigenvalue weighted by Crippen LogP contribution is 2.37. The number of aryl methyl sites for hydroxylation is 1. The third-order valence-corrected chi connectivity index (χ3v) is 6.11. The number of halogens is 1. The van der Waals surface area contributed by atoms with Crippen molar-refractivity contribution in [2.24, 2.45) is 11.8 Å². The molecule has 1 aliphatic heterocycles. The van der Waals surface area contributed by atoms with E-state index in [0.717, 1.165) is 37.8 Å². The molecule has 1 atom stereocenters. The van der Waals surface area contributed by atoms with Gasteiger partial charge in [0.2, 0.25) is 5.91 Å². The van der Waals surface area contributed by atoms with Gasteiger partial charge in [-0.2, -0.15) is 15.5 Å². The van der Waals surface area contributed by atoms with Gasteiger partial charge in [-0.3, -0.25) is 9.63 Å². The van der Waals surface area contributed by atoms with Gasteiger partial charge in [0.15, 0.2) is 0 Å². The summed E-state index contributed by atoms with van der Waals surface area (Å²) in [6.45, 7) is 2.36. The first kappa shape index (κ1) is 20.4. The van der Waals surface area contributed by atoms with Gasteiger partial charge in [-0.1, -0.05) is 0 Å². The highest BCUT2D eigenvalue weighted by molar-refractivity contribution is 5.78. The van der Waals surface area contributed by atoms with Crippen LogP contribution < -0.4 is 0 Å². The monoisotopic (exact) mass is 408 g/mol. The third kappa shape index (κ3) is 4.49. The predicted octanol–water partition coefficient (Wildman–Crippen LogP) is 4.05. The van der Waals surface area contributed by atoms with Gasteiger partial charge in [-0.15, -0.1) is 0 Å². The first-order valence-corrected chi connectivity index (χ1v) is 10.5. The lowest BCUT2D eigenvalue weighted by molar-refractivity contribution is -0.183. The van der Waals surface area contributed by atoms with Crippen LogP contribution in [0.5, 0.6) is 0 Å². The average molecular weight is 408 g/mol. The number of rotatable bonds is 4. The molecule has 0 unspecified atom stereocenters. The molecule has 0 bridgehead atoms. The second kappa shape index (κ2) is 8.88. The van der Waals surface area contributed by atoms with Gasteiger partial charge in [-0.05, 0) is 80.3 Å². The summed E-state index contributed by atoms with van der Waals surface area (Å²) in [5.74, 6) is -0.0395. The van der Waals surface area contributed by atoms with Crippen molar-refractivity contribution in [2.75, 3.05) is 6.61 Å². The van der Waals surface area contributed by atoms with Crippen LogP contribution >= 0.6 is 0 Å². The SMILES string of the molecule is Cc1cc(C[C@H]2CC[C@H](C(=O)N3OCC[C@H]3c3cc(F)cc(C#N)c3)CC2)cnn1. The van der Waals surface area contributed by atoms with Gasteiger partial charge in [-0.25, -0.2) is 9.45 Å². The van der Waals surface area contributed by atoms with E-state index in [-0.39, 0.29) is 23.4 Å². The fraction of sp³-hybridized carbons (Fsp3) is 0.478. The van der Waals surface area contributed by atoms with Crippen molar-refractivity contribution in [3.63, 3.8) is 0 Å². The van der Waals surface area contributed by atoms with Crippen LogP contribution in [-0.2, 0) is 16.1 Å². The molecule has 1 aliphatic carbocycles. The van der Waals surface area contributed by atoms with E-state index in [0.29, 0.717) is 24.5 Å². The number of nitriles is 1. The Bertz CT molecular complexity index is 966. The Kier molecular flexibility index (Phi) is 6.05. The smallest absolute Gasteiger partial charge is 0.249 e. The van der Waals surface area contributed by atoms with Crippen LogP contribution in [0.3, 0.4) is 0 Å². The van der Waals surface area contributed by atoms with Gasteiger partial charge < -0.3 is 0 Å². The van der Waals surface area contributed by atoms with Crippen molar-refractivity contribution >= 4 is 5.91 Å². The molecular weight excluding hydrogens is 383 g/mol. The standard InChI is InChI=1S/C23H25FN4O2/c1-15-8-18(14-26-27-15)9-16-2-4-19(5-3-16)23(29)28-22(6-7-30-28)20-10-17(13-25)11-21(24)12-20/h8,10-12,14,16,19,22H,2-7,9H2,1H3/t16-,19-,22-/m0/s1. The molecule has 156 valence electrons. The Labute approximate surface area is 175 Å². The molecule has 2 aromatic rings. The molecule has 1 aromatic carbocycles. The van der Waals surface area contributed by atoms with Crippen LogP contribution in [0.25, 0.3) is 0 Å². The number of carbonyl (C=O) groups excluding carboxylic acids is 1. The van der Waals surface area contributed by atoms with Crippen LogP contribution in [0.2, 0.25) is 0 Å². The van der Waals surface area contributed by atoms with Gasteiger partial charge in [0.25, 0.3) is 0 Å². The maximum absolute atomic E-state index is 13.9. The van der Waals surface area contributed by atoms with E-state index in [9.17, 15) is 9.18 Å².